The second kappa shape index (κ2) is 2.95. The number of hydrogen-bond acceptors (Lipinski definition) is 5. The molecule has 1 fully saturated rings. The summed E-state index contributed by atoms with van der Waals surface area (Å²) in [6.45, 7) is -0.0626. The molecule has 1 aromatic rings. The standard InChI is InChI=1S/C7H5N3O4/c11-5-6(12)10(7(13)8-5)3-4-1-2-14-9-4/h1-2H,3H2,(H,8,11,13). The van der Waals surface area contributed by atoms with Crippen molar-refractivity contribution in [1.29, 1.82) is 0 Å². The smallest absolute Gasteiger partial charge is 0.331 e. The van der Waals surface area contributed by atoms with Gasteiger partial charge in [0.15, 0.2) is 0 Å². The van der Waals surface area contributed by atoms with E-state index >= 15 is 0 Å². The lowest BCUT2D eigenvalue weighted by Crippen LogP contribution is -2.30. The molecule has 1 aromatic heterocycles. The van der Waals surface area contributed by atoms with Crippen molar-refractivity contribution in [1.82, 2.24) is 15.4 Å². The summed E-state index contributed by atoms with van der Waals surface area (Å²) in [5, 5.41) is 5.38. The average Bonchev–Trinajstić information content (AvgIpc) is 2.71. The van der Waals surface area contributed by atoms with Crippen LogP contribution < -0.4 is 5.32 Å². The third kappa shape index (κ3) is 1.24. The molecule has 14 heavy (non-hydrogen) atoms. The van der Waals surface area contributed by atoms with E-state index in [9.17, 15) is 14.4 Å². The minimum Gasteiger partial charge on any atom is -0.364 e. The number of amides is 4. The number of carbonyl (C=O) groups excluding carboxylic acids is 3. The number of rotatable bonds is 2. The Morgan fingerprint density at radius 1 is 1.43 bits per heavy atom. The lowest BCUT2D eigenvalue weighted by atomic mass is 10.4. The molecule has 0 aliphatic carbocycles. The van der Waals surface area contributed by atoms with Gasteiger partial charge in [-0.25, -0.2) is 9.69 Å². The van der Waals surface area contributed by atoms with Gasteiger partial charge in [-0.2, -0.15) is 0 Å². The number of imide groups is 2. The third-order valence-corrected chi connectivity index (χ3v) is 1.72. The van der Waals surface area contributed by atoms with Gasteiger partial charge in [0.1, 0.15) is 12.0 Å². The maximum atomic E-state index is 11.1. The first kappa shape index (κ1) is 8.42. The van der Waals surface area contributed by atoms with Gasteiger partial charge in [0, 0.05) is 6.07 Å². The van der Waals surface area contributed by atoms with Crippen LogP contribution in [-0.4, -0.2) is 27.9 Å². The summed E-state index contributed by atoms with van der Waals surface area (Å²) in [4.78, 5) is 33.6. The molecule has 0 saturated carbocycles. The van der Waals surface area contributed by atoms with E-state index in [1.165, 1.54) is 12.3 Å². The summed E-state index contributed by atoms with van der Waals surface area (Å²) in [5.41, 5.74) is 0.406. The zero-order valence-electron chi connectivity index (χ0n) is 6.89. The molecule has 4 amide bonds. The molecule has 1 aliphatic heterocycles. The second-order valence-corrected chi connectivity index (χ2v) is 2.64. The maximum absolute atomic E-state index is 11.1. The highest BCUT2D eigenvalue weighted by atomic mass is 16.5. The van der Waals surface area contributed by atoms with E-state index in [0.29, 0.717) is 5.69 Å². The first-order chi connectivity index (χ1) is 6.68. The number of aromatic nitrogens is 1. The van der Waals surface area contributed by atoms with E-state index in [0.717, 1.165) is 4.90 Å². The van der Waals surface area contributed by atoms with Crippen LogP contribution in [0.2, 0.25) is 0 Å². The molecule has 0 spiro atoms. The van der Waals surface area contributed by atoms with Gasteiger partial charge in [0.25, 0.3) is 0 Å². The number of hydrogen-bond donors (Lipinski definition) is 1. The molecular weight excluding hydrogens is 190 g/mol. The van der Waals surface area contributed by atoms with Gasteiger partial charge >= 0.3 is 17.8 Å². The second-order valence-electron chi connectivity index (χ2n) is 2.64. The quantitative estimate of drug-likeness (QED) is 0.495. The molecule has 0 radical (unpaired) electrons. The molecule has 1 aliphatic rings. The molecule has 7 nitrogen and oxygen atoms in total. The Hall–Kier alpha value is -2.18. The van der Waals surface area contributed by atoms with E-state index < -0.39 is 17.8 Å². The Morgan fingerprint density at radius 2 is 2.21 bits per heavy atom. The topological polar surface area (TPSA) is 92.5 Å². The lowest BCUT2D eigenvalue weighted by molar-refractivity contribution is -0.140. The van der Waals surface area contributed by atoms with Crippen molar-refractivity contribution in [2.75, 3.05) is 0 Å². The van der Waals surface area contributed by atoms with Crippen LogP contribution in [0.1, 0.15) is 5.69 Å². The van der Waals surface area contributed by atoms with Gasteiger partial charge in [-0.1, -0.05) is 5.16 Å². The van der Waals surface area contributed by atoms with E-state index in [-0.39, 0.29) is 6.54 Å². The third-order valence-electron chi connectivity index (χ3n) is 1.72. The molecule has 1 N–H and O–H groups in total. The fraction of sp³-hybridized carbons (Fsp3) is 0.143. The van der Waals surface area contributed by atoms with Crippen LogP contribution >= 0.6 is 0 Å². The Kier molecular flexibility index (Phi) is 1.77. The first-order valence-corrected chi connectivity index (χ1v) is 3.74. The Balaban J connectivity index is 2.16. The molecule has 2 heterocycles. The molecule has 72 valence electrons. The van der Waals surface area contributed by atoms with Crippen LogP contribution in [0.5, 0.6) is 0 Å². The molecule has 0 bridgehead atoms. The van der Waals surface area contributed by atoms with Gasteiger partial charge < -0.3 is 4.52 Å². The van der Waals surface area contributed by atoms with Crippen molar-refractivity contribution >= 4 is 17.8 Å². The summed E-state index contributed by atoms with van der Waals surface area (Å²) < 4.78 is 4.52. The monoisotopic (exact) mass is 195 g/mol. The van der Waals surface area contributed by atoms with Crippen LogP contribution in [0.3, 0.4) is 0 Å². The Labute approximate surface area is 77.6 Å². The van der Waals surface area contributed by atoms with Gasteiger partial charge in [-0.15, -0.1) is 0 Å². The first-order valence-electron chi connectivity index (χ1n) is 3.74. The SMILES string of the molecule is O=C1NC(=O)N(Cc2ccon2)C1=O. The van der Waals surface area contributed by atoms with Crippen LogP contribution in [0, 0.1) is 0 Å². The minimum atomic E-state index is -0.918. The fourth-order valence-electron chi connectivity index (χ4n) is 1.06. The predicted octanol–water partition coefficient (Wildman–Crippen LogP) is -0.747. The summed E-state index contributed by atoms with van der Waals surface area (Å²) in [6.07, 6.45) is 1.32. The maximum Gasteiger partial charge on any atom is 0.331 e. The molecular formula is C7H5N3O4. The van der Waals surface area contributed by atoms with Crippen molar-refractivity contribution < 1.29 is 18.9 Å². The van der Waals surface area contributed by atoms with Gasteiger partial charge in [0.2, 0.25) is 0 Å². The van der Waals surface area contributed by atoms with Crippen molar-refractivity contribution in [3.05, 3.63) is 18.0 Å². The molecule has 0 aromatic carbocycles. The predicted molar refractivity (Wildman–Crippen MR) is 40.6 cm³/mol. The largest absolute Gasteiger partial charge is 0.364 e. The summed E-state index contributed by atoms with van der Waals surface area (Å²) >= 11 is 0. The Bertz CT molecular complexity index is 397. The van der Waals surface area contributed by atoms with Gasteiger partial charge in [-0.3, -0.25) is 14.9 Å². The average molecular weight is 195 g/mol. The zero-order chi connectivity index (χ0) is 10.1. The van der Waals surface area contributed by atoms with E-state index in [1.54, 1.807) is 0 Å². The van der Waals surface area contributed by atoms with E-state index in [2.05, 4.69) is 9.68 Å². The normalized spacial score (nSPS) is 16.3. The molecule has 7 heteroatoms. The number of nitrogens with zero attached hydrogens (tertiary/aromatic N) is 2. The summed E-state index contributed by atoms with van der Waals surface area (Å²) in [5.74, 6) is -1.79. The summed E-state index contributed by atoms with van der Waals surface area (Å²) in [7, 11) is 0. The van der Waals surface area contributed by atoms with Crippen molar-refractivity contribution in [2.24, 2.45) is 0 Å². The number of urea groups is 1. The Morgan fingerprint density at radius 3 is 2.71 bits per heavy atom. The lowest BCUT2D eigenvalue weighted by Gasteiger charge is -2.07. The highest BCUT2D eigenvalue weighted by Crippen LogP contribution is 2.06. The highest BCUT2D eigenvalue weighted by Gasteiger charge is 2.37. The van der Waals surface area contributed by atoms with Crippen LogP contribution in [0.15, 0.2) is 16.9 Å². The van der Waals surface area contributed by atoms with Crippen molar-refractivity contribution in [3.8, 4) is 0 Å². The molecule has 0 unspecified atom stereocenters. The minimum absolute atomic E-state index is 0.0626. The molecule has 0 atom stereocenters. The van der Waals surface area contributed by atoms with Crippen LogP contribution in [0.4, 0.5) is 4.79 Å². The highest BCUT2D eigenvalue weighted by molar-refractivity contribution is 6.44. The molecule has 2 rings (SSSR count). The van der Waals surface area contributed by atoms with E-state index in [1.807, 2.05) is 5.32 Å². The molecule has 1 saturated heterocycles. The van der Waals surface area contributed by atoms with Crippen molar-refractivity contribution in [2.45, 2.75) is 6.54 Å². The number of nitrogens with one attached hydrogen (secondary N) is 1. The number of carbonyl (C=O) groups is 3. The fourth-order valence-corrected chi connectivity index (χ4v) is 1.06. The van der Waals surface area contributed by atoms with E-state index in [4.69, 9.17) is 0 Å². The van der Waals surface area contributed by atoms with Crippen molar-refractivity contribution in [3.63, 3.8) is 0 Å². The van der Waals surface area contributed by atoms with Crippen LogP contribution in [-0.2, 0) is 16.1 Å². The van der Waals surface area contributed by atoms with Gasteiger partial charge in [-0.05, 0) is 0 Å². The zero-order valence-corrected chi connectivity index (χ0v) is 6.89. The van der Waals surface area contributed by atoms with Gasteiger partial charge in [0.05, 0.1) is 6.54 Å². The van der Waals surface area contributed by atoms with Crippen LogP contribution in [0.25, 0.3) is 0 Å². The summed E-state index contributed by atoms with van der Waals surface area (Å²) in [6, 6.07) is 0.770.